The summed E-state index contributed by atoms with van der Waals surface area (Å²) in [5.41, 5.74) is 5.13. The van der Waals surface area contributed by atoms with Crippen molar-refractivity contribution < 1.29 is 9.53 Å². The van der Waals surface area contributed by atoms with Crippen molar-refractivity contribution in [2.45, 2.75) is 19.9 Å². The zero-order valence-corrected chi connectivity index (χ0v) is 13.5. The van der Waals surface area contributed by atoms with Gasteiger partial charge in [0, 0.05) is 5.69 Å². The molecule has 23 heavy (non-hydrogen) atoms. The van der Waals surface area contributed by atoms with Crippen LogP contribution >= 0.6 is 0 Å². The fourth-order valence-electron chi connectivity index (χ4n) is 1.98. The molecule has 0 aliphatic heterocycles. The summed E-state index contributed by atoms with van der Waals surface area (Å²) in [6.07, 6.45) is 0. The molecule has 0 unspecified atom stereocenters. The molecule has 0 bridgehead atoms. The Morgan fingerprint density at radius 3 is 2.35 bits per heavy atom. The van der Waals surface area contributed by atoms with Gasteiger partial charge in [-0.1, -0.05) is 18.2 Å². The van der Waals surface area contributed by atoms with Crippen molar-refractivity contribution in [1.29, 1.82) is 0 Å². The number of ether oxygens (including phenoxy) is 1. The third-order valence-corrected chi connectivity index (χ3v) is 3.39. The van der Waals surface area contributed by atoms with Crippen LogP contribution in [0, 0.1) is 0 Å². The highest BCUT2D eigenvalue weighted by Crippen LogP contribution is 2.12. The average molecular weight is 311 g/mol. The number of benzene rings is 2. The smallest absolute Gasteiger partial charge is 0.262 e. The summed E-state index contributed by atoms with van der Waals surface area (Å²) >= 11 is 0. The van der Waals surface area contributed by atoms with Crippen molar-refractivity contribution >= 4 is 17.3 Å². The first-order valence-electron chi connectivity index (χ1n) is 7.40. The predicted octanol–water partition coefficient (Wildman–Crippen LogP) is 3.04. The standard InChI is InChI=1S/C18H21N3O2/c1-13(15-9-11-17(23-3)12-10-15)20-21-18(22)14(2)19-16-7-5-4-6-8-16/h4-12,14,19H,1-3H3,(H,21,22)/t14-/m0/s1. The number of nitrogens with zero attached hydrogens (tertiary/aromatic N) is 1. The van der Waals surface area contributed by atoms with Crippen LogP contribution in [0.1, 0.15) is 19.4 Å². The first-order valence-corrected chi connectivity index (χ1v) is 7.40. The Morgan fingerprint density at radius 2 is 1.74 bits per heavy atom. The zero-order valence-electron chi connectivity index (χ0n) is 13.5. The van der Waals surface area contributed by atoms with Gasteiger partial charge in [0.05, 0.1) is 12.8 Å². The molecule has 0 aromatic heterocycles. The Morgan fingerprint density at radius 1 is 1.09 bits per heavy atom. The van der Waals surface area contributed by atoms with E-state index >= 15 is 0 Å². The molecule has 0 spiro atoms. The van der Waals surface area contributed by atoms with Crippen molar-refractivity contribution in [3.63, 3.8) is 0 Å². The van der Waals surface area contributed by atoms with Crippen LogP contribution in [0.2, 0.25) is 0 Å². The SMILES string of the molecule is COc1ccc(C(C)=NNC(=O)[C@H](C)Nc2ccccc2)cc1. The van der Waals surface area contributed by atoms with Gasteiger partial charge in [0.2, 0.25) is 0 Å². The van der Waals surface area contributed by atoms with Crippen molar-refractivity contribution in [2.24, 2.45) is 5.10 Å². The molecule has 0 aliphatic carbocycles. The number of hydrogen-bond acceptors (Lipinski definition) is 4. The predicted molar refractivity (Wildman–Crippen MR) is 92.9 cm³/mol. The molecule has 2 rings (SSSR count). The number of hydrogen-bond donors (Lipinski definition) is 2. The van der Waals surface area contributed by atoms with Crippen molar-refractivity contribution in [1.82, 2.24) is 5.43 Å². The molecule has 2 aromatic rings. The molecule has 0 fully saturated rings. The second kappa shape index (κ2) is 7.98. The van der Waals surface area contributed by atoms with Crippen LogP contribution in [-0.2, 0) is 4.79 Å². The minimum Gasteiger partial charge on any atom is -0.497 e. The van der Waals surface area contributed by atoms with Crippen molar-refractivity contribution in [3.05, 3.63) is 60.2 Å². The van der Waals surface area contributed by atoms with Crippen molar-refractivity contribution in [3.8, 4) is 5.75 Å². The second-order valence-corrected chi connectivity index (χ2v) is 5.13. The summed E-state index contributed by atoms with van der Waals surface area (Å²) in [4.78, 5) is 12.1. The Hall–Kier alpha value is -2.82. The molecule has 2 N–H and O–H groups in total. The lowest BCUT2D eigenvalue weighted by atomic mass is 10.1. The maximum atomic E-state index is 12.1. The molecule has 5 heteroatoms. The first-order chi connectivity index (χ1) is 11.1. The topological polar surface area (TPSA) is 62.7 Å². The number of anilines is 1. The van der Waals surface area contributed by atoms with Crippen LogP contribution in [0.5, 0.6) is 5.75 Å². The molecule has 1 amide bonds. The van der Waals surface area contributed by atoms with E-state index in [0.29, 0.717) is 0 Å². The largest absolute Gasteiger partial charge is 0.497 e. The van der Waals surface area contributed by atoms with E-state index in [4.69, 9.17) is 4.74 Å². The van der Waals surface area contributed by atoms with Gasteiger partial charge in [0.15, 0.2) is 0 Å². The zero-order chi connectivity index (χ0) is 16.7. The molecule has 5 nitrogen and oxygen atoms in total. The molecule has 0 saturated heterocycles. The number of nitrogens with one attached hydrogen (secondary N) is 2. The highest BCUT2D eigenvalue weighted by atomic mass is 16.5. The van der Waals surface area contributed by atoms with Crippen molar-refractivity contribution in [2.75, 3.05) is 12.4 Å². The van der Waals surface area contributed by atoms with Gasteiger partial charge in [-0.2, -0.15) is 5.10 Å². The summed E-state index contributed by atoms with van der Waals surface area (Å²) in [6.45, 7) is 3.64. The van der Waals surface area contributed by atoms with Crippen LogP contribution in [0.4, 0.5) is 5.69 Å². The van der Waals surface area contributed by atoms with E-state index in [1.54, 1.807) is 14.0 Å². The number of carbonyl (C=O) groups is 1. The van der Waals surface area contributed by atoms with Gasteiger partial charge in [-0.15, -0.1) is 0 Å². The Labute approximate surface area is 136 Å². The lowest BCUT2D eigenvalue weighted by Crippen LogP contribution is -2.35. The summed E-state index contributed by atoms with van der Waals surface area (Å²) in [6, 6.07) is 16.7. The summed E-state index contributed by atoms with van der Waals surface area (Å²) < 4.78 is 5.12. The van der Waals surface area contributed by atoms with E-state index < -0.39 is 0 Å². The molecule has 0 heterocycles. The Kier molecular flexibility index (Phi) is 5.74. The van der Waals surface area contributed by atoms with E-state index in [0.717, 1.165) is 22.7 Å². The second-order valence-electron chi connectivity index (χ2n) is 5.13. The van der Waals surface area contributed by atoms with Crippen LogP contribution in [0.25, 0.3) is 0 Å². The lowest BCUT2D eigenvalue weighted by molar-refractivity contribution is -0.121. The number of rotatable bonds is 6. The summed E-state index contributed by atoms with van der Waals surface area (Å²) in [5.74, 6) is 0.591. The number of methoxy groups -OCH3 is 1. The lowest BCUT2D eigenvalue weighted by Gasteiger charge is -2.13. The maximum absolute atomic E-state index is 12.1. The van der Waals surface area contributed by atoms with Gasteiger partial charge in [-0.05, 0) is 55.8 Å². The minimum atomic E-state index is -0.384. The van der Waals surface area contributed by atoms with Gasteiger partial charge in [0.1, 0.15) is 11.8 Å². The quantitative estimate of drug-likeness (QED) is 0.637. The van der Waals surface area contributed by atoms with E-state index in [9.17, 15) is 4.79 Å². The molecular formula is C18H21N3O2. The van der Waals surface area contributed by atoms with E-state index in [1.807, 2.05) is 61.5 Å². The fourth-order valence-corrected chi connectivity index (χ4v) is 1.98. The number of para-hydroxylation sites is 1. The van der Waals surface area contributed by atoms with Gasteiger partial charge in [0.25, 0.3) is 5.91 Å². The monoisotopic (exact) mass is 311 g/mol. The van der Waals surface area contributed by atoms with Gasteiger partial charge < -0.3 is 10.1 Å². The highest BCUT2D eigenvalue weighted by Gasteiger charge is 2.11. The molecule has 0 saturated carbocycles. The molecular weight excluding hydrogens is 290 g/mol. The molecule has 120 valence electrons. The maximum Gasteiger partial charge on any atom is 0.262 e. The number of carbonyl (C=O) groups excluding carboxylic acids is 1. The molecule has 0 aliphatic rings. The summed E-state index contributed by atoms with van der Waals surface area (Å²) in [5, 5.41) is 7.27. The van der Waals surface area contributed by atoms with Gasteiger partial charge in [-0.25, -0.2) is 5.43 Å². The summed E-state index contributed by atoms with van der Waals surface area (Å²) in [7, 11) is 1.62. The normalized spacial score (nSPS) is 12.4. The first kappa shape index (κ1) is 16.5. The Bertz CT molecular complexity index is 666. The third kappa shape index (κ3) is 4.85. The average Bonchev–Trinajstić information content (AvgIpc) is 2.60. The molecule has 2 aromatic carbocycles. The minimum absolute atomic E-state index is 0.193. The van der Waals surface area contributed by atoms with E-state index in [1.165, 1.54) is 0 Å². The molecule has 0 radical (unpaired) electrons. The van der Waals surface area contributed by atoms with Crippen LogP contribution in [0.3, 0.4) is 0 Å². The fraction of sp³-hybridized carbons (Fsp3) is 0.222. The van der Waals surface area contributed by atoms with Crippen LogP contribution in [0.15, 0.2) is 59.7 Å². The third-order valence-electron chi connectivity index (χ3n) is 3.39. The molecule has 1 atom stereocenters. The Balaban J connectivity index is 1.93. The van der Waals surface area contributed by atoms with Crippen LogP contribution in [-0.4, -0.2) is 24.8 Å². The number of amides is 1. The van der Waals surface area contributed by atoms with Crippen LogP contribution < -0.4 is 15.5 Å². The highest BCUT2D eigenvalue weighted by molar-refractivity contribution is 5.99. The van der Waals surface area contributed by atoms with Gasteiger partial charge >= 0.3 is 0 Å². The van der Waals surface area contributed by atoms with E-state index in [-0.39, 0.29) is 11.9 Å². The number of hydrazone groups is 1. The van der Waals surface area contributed by atoms with E-state index in [2.05, 4.69) is 15.8 Å². The van der Waals surface area contributed by atoms with Gasteiger partial charge in [-0.3, -0.25) is 4.79 Å².